The van der Waals surface area contributed by atoms with E-state index in [4.69, 9.17) is 11.6 Å². The molecule has 6 heteroatoms. The van der Waals surface area contributed by atoms with E-state index in [-0.39, 0.29) is 4.90 Å². The Labute approximate surface area is 131 Å². The molecule has 2 aromatic rings. The minimum atomic E-state index is -3.47. The van der Waals surface area contributed by atoms with E-state index in [0.717, 1.165) is 11.3 Å². The third-order valence-electron chi connectivity index (χ3n) is 3.49. The van der Waals surface area contributed by atoms with Gasteiger partial charge in [0, 0.05) is 32.5 Å². The van der Waals surface area contributed by atoms with Gasteiger partial charge in [-0.05, 0) is 18.1 Å². The molecule has 21 heavy (non-hydrogen) atoms. The van der Waals surface area contributed by atoms with E-state index in [2.05, 4.69) is 0 Å². The van der Waals surface area contributed by atoms with Gasteiger partial charge in [-0.25, -0.2) is 12.7 Å². The molecule has 4 nitrogen and oxygen atoms in total. The zero-order valence-electron chi connectivity index (χ0n) is 12.2. The molecule has 0 fully saturated rings. The molecule has 0 unspecified atom stereocenters. The Kier molecular flexibility index (Phi) is 5.08. The number of rotatable bonds is 6. The predicted octanol–water partition coefficient (Wildman–Crippen LogP) is 2.63. The first-order valence-corrected chi connectivity index (χ1v) is 8.64. The molecule has 2 rings (SSSR count). The first-order chi connectivity index (χ1) is 9.95. The van der Waals surface area contributed by atoms with E-state index < -0.39 is 10.0 Å². The quantitative estimate of drug-likeness (QED) is 0.766. The Morgan fingerprint density at radius 3 is 2.48 bits per heavy atom. The van der Waals surface area contributed by atoms with Gasteiger partial charge in [0.25, 0.3) is 0 Å². The van der Waals surface area contributed by atoms with Crippen LogP contribution in [0.4, 0.5) is 0 Å². The van der Waals surface area contributed by atoms with Crippen LogP contribution in [0.15, 0.2) is 47.5 Å². The molecular weight excluding hydrogens is 308 g/mol. The summed E-state index contributed by atoms with van der Waals surface area (Å²) in [6.07, 6.45) is 2.29. The smallest absolute Gasteiger partial charge is 0.244 e. The molecule has 0 saturated heterocycles. The van der Waals surface area contributed by atoms with E-state index in [1.54, 1.807) is 30.9 Å². The van der Waals surface area contributed by atoms with E-state index in [0.29, 0.717) is 18.8 Å². The van der Waals surface area contributed by atoms with Crippen molar-refractivity contribution in [2.75, 3.05) is 13.6 Å². The Bertz CT molecular complexity index is 696. The zero-order chi connectivity index (χ0) is 15.5. The molecule has 0 N–H and O–H groups in total. The number of hydrogen-bond donors (Lipinski definition) is 0. The summed E-state index contributed by atoms with van der Waals surface area (Å²) >= 11 is 5.79. The molecular formula is C15H19ClN2O2S. The molecule has 0 aliphatic rings. The number of aryl methyl sites for hydroxylation is 1. The number of alkyl halides is 1. The summed E-state index contributed by atoms with van der Waals surface area (Å²) in [6, 6.07) is 11.5. The summed E-state index contributed by atoms with van der Waals surface area (Å²) in [5.41, 5.74) is 1.90. The highest BCUT2D eigenvalue weighted by atomic mass is 35.5. The van der Waals surface area contributed by atoms with Gasteiger partial charge in [0.2, 0.25) is 10.0 Å². The molecule has 0 radical (unpaired) electrons. The van der Waals surface area contributed by atoms with Crippen molar-refractivity contribution >= 4 is 21.6 Å². The minimum absolute atomic E-state index is 0.288. The van der Waals surface area contributed by atoms with Crippen molar-refractivity contribution in [1.29, 1.82) is 0 Å². The summed E-state index contributed by atoms with van der Waals surface area (Å²) in [6.45, 7) is 0.442. The topological polar surface area (TPSA) is 42.3 Å². The monoisotopic (exact) mass is 326 g/mol. The van der Waals surface area contributed by atoms with Gasteiger partial charge in [0.05, 0.1) is 5.88 Å². The lowest BCUT2D eigenvalue weighted by Gasteiger charge is -2.16. The van der Waals surface area contributed by atoms with Crippen LogP contribution >= 0.6 is 11.6 Å². The van der Waals surface area contributed by atoms with Gasteiger partial charge in [-0.2, -0.15) is 0 Å². The Morgan fingerprint density at radius 1 is 1.24 bits per heavy atom. The second kappa shape index (κ2) is 6.64. The van der Waals surface area contributed by atoms with Gasteiger partial charge in [-0.15, -0.1) is 11.6 Å². The van der Waals surface area contributed by atoms with Crippen LogP contribution < -0.4 is 0 Å². The van der Waals surface area contributed by atoms with E-state index in [1.165, 1.54) is 4.31 Å². The molecule has 0 spiro atoms. The standard InChI is InChI=1S/C15H19ClN2O2S/c1-17-12-15(10-14(17)11-16)21(19,20)18(2)9-8-13-6-4-3-5-7-13/h3-7,10,12H,8-9,11H2,1-2H3. The predicted molar refractivity (Wildman–Crippen MR) is 84.9 cm³/mol. The van der Waals surface area contributed by atoms with Crippen LogP contribution in [-0.2, 0) is 29.4 Å². The summed E-state index contributed by atoms with van der Waals surface area (Å²) in [4.78, 5) is 0.288. The van der Waals surface area contributed by atoms with Gasteiger partial charge >= 0.3 is 0 Å². The third kappa shape index (κ3) is 3.67. The fourth-order valence-corrected chi connectivity index (χ4v) is 3.62. The van der Waals surface area contributed by atoms with Crippen molar-refractivity contribution in [3.63, 3.8) is 0 Å². The van der Waals surface area contributed by atoms with Crippen LogP contribution in [0.25, 0.3) is 0 Å². The first-order valence-electron chi connectivity index (χ1n) is 6.66. The summed E-state index contributed by atoms with van der Waals surface area (Å²) < 4.78 is 28.1. The molecule has 0 atom stereocenters. The molecule has 1 heterocycles. The molecule has 1 aromatic heterocycles. The van der Waals surface area contributed by atoms with Crippen molar-refractivity contribution in [2.24, 2.45) is 7.05 Å². The number of benzene rings is 1. The summed E-state index contributed by atoms with van der Waals surface area (Å²) in [5.74, 6) is 0.291. The highest BCUT2D eigenvalue weighted by molar-refractivity contribution is 7.89. The normalized spacial score (nSPS) is 12.0. The number of hydrogen-bond acceptors (Lipinski definition) is 2. The highest BCUT2D eigenvalue weighted by Crippen LogP contribution is 2.19. The van der Waals surface area contributed by atoms with Gasteiger partial charge in [-0.3, -0.25) is 0 Å². The van der Waals surface area contributed by atoms with Crippen molar-refractivity contribution in [3.8, 4) is 0 Å². The van der Waals surface area contributed by atoms with Crippen LogP contribution in [0.2, 0.25) is 0 Å². The molecule has 0 bridgehead atoms. The highest BCUT2D eigenvalue weighted by Gasteiger charge is 2.22. The lowest BCUT2D eigenvalue weighted by atomic mass is 10.2. The molecule has 0 amide bonds. The zero-order valence-corrected chi connectivity index (χ0v) is 13.7. The maximum atomic E-state index is 12.5. The Balaban J connectivity index is 2.11. The second-order valence-electron chi connectivity index (χ2n) is 4.97. The van der Waals surface area contributed by atoms with Gasteiger partial charge in [0.1, 0.15) is 4.90 Å². The average Bonchev–Trinajstić information content (AvgIpc) is 2.87. The first kappa shape index (κ1) is 16.1. The van der Waals surface area contributed by atoms with Crippen LogP contribution in [0.1, 0.15) is 11.3 Å². The Hall–Kier alpha value is -1.30. The van der Waals surface area contributed by atoms with Crippen molar-refractivity contribution in [1.82, 2.24) is 8.87 Å². The number of aromatic nitrogens is 1. The fourth-order valence-electron chi connectivity index (χ4n) is 2.08. The second-order valence-corrected chi connectivity index (χ2v) is 7.29. The molecule has 0 saturated carbocycles. The van der Waals surface area contributed by atoms with E-state index >= 15 is 0 Å². The molecule has 114 valence electrons. The van der Waals surface area contributed by atoms with Crippen molar-refractivity contribution in [3.05, 3.63) is 53.9 Å². The maximum absolute atomic E-state index is 12.5. The SMILES string of the molecule is CN(CCc1ccccc1)S(=O)(=O)c1cc(CCl)n(C)c1. The average molecular weight is 327 g/mol. The molecule has 0 aliphatic heterocycles. The number of nitrogens with zero attached hydrogens (tertiary/aromatic N) is 2. The maximum Gasteiger partial charge on any atom is 0.244 e. The summed E-state index contributed by atoms with van der Waals surface area (Å²) in [7, 11) is -0.0718. The van der Waals surface area contributed by atoms with Crippen molar-refractivity contribution in [2.45, 2.75) is 17.2 Å². The third-order valence-corrected chi connectivity index (χ3v) is 5.58. The van der Waals surface area contributed by atoms with Gasteiger partial charge < -0.3 is 4.57 Å². The molecule has 0 aliphatic carbocycles. The van der Waals surface area contributed by atoms with Crippen LogP contribution in [0, 0.1) is 0 Å². The van der Waals surface area contributed by atoms with Crippen LogP contribution in [0.3, 0.4) is 0 Å². The van der Waals surface area contributed by atoms with Gasteiger partial charge in [-0.1, -0.05) is 30.3 Å². The number of likely N-dealkylation sites (N-methyl/N-ethyl adjacent to an activating group) is 1. The van der Waals surface area contributed by atoms with Gasteiger partial charge in [0.15, 0.2) is 0 Å². The van der Waals surface area contributed by atoms with Crippen LogP contribution in [-0.4, -0.2) is 30.9 Å². The van der Waals surface area contributed by atoms with Crippen LogP contribution in [0.5, 0.6) is 0 Å². The number of sulfonamides is 1. The fraction of sp³-hybridized carbons (Fsp3) is 0.333. The Morgan fingerprint density at radius 2 is 1.90 bits per heavy atom. The van der Waals surface area contributed by atoms with Crippen molar-refractivity contribution < 1.29 is 8.42 Å². The number of halogens is 1. The van der Waals surface area contributed by atoms with E-state index in [9.17, 15) is 8.42 Å². The van der Waals surface area contributed by atoms with E-state index in [1.807, 2.05) is 30.3 Å². The minimum Gasteiger partial charge on any atom is -0.352 e. The summed E-state index contributed by atoms with van der Waals surface area (Å²) in [5, 5.41) is 0. The lowest BCUT2D eigenvalue weighted by Crippen LogP contribution is -2.28. The largest absolute Gasteiger partial charge is 0.352 e. The lowest BCUT2D eigenvalue weighted by molar-refractivity contribution is 0.472. The molecule has 1 aromatic carbocycles.